The second-order valence-corrected chi connectivity index (χ2v) is 8.70. The molecule has 0 radical (unpaired) electrons. The number of amides is 2. The van der Waals surface area contributed by atoms with Gasteiger partial charge in [0.1, 0.15) is 28.6 Å². The number of methoxy groups -OCH3 is 1. The molecule has 1 spiro atoms. The first-order valence-corrected chi connectivity index (χ1v) is 11.1. The molecule has 2 amide bonds. The third-order valence-electron chi connectivity index (χ3n) is 6.22. The molecule has 35 heavy (non-hydrogen) atoms. The van der Waals surface area contributed by atoms with Gasteiger partial charge in [0.2, 0.25) is 0 Å². The Hall–Kier alpha value is -3.86. The van der Waals surface area contributed by atoms with E-state index in [0.29, 0.717) is 25.1 Å². The van der Waals surface area contributed by atoms with Crippen molar-refractivity contribution in [3.05, 3.63) is 64.3 Å². The first-order valence-electron chi connectivity index (χ1n) is 10.7. The molecule has 1 fully saturated rings. The van der Waals surface area contributed by atoms with Crippen LogP contribution in [0.5, 0.6) is 5.75 Å². The van der Waals surface area contributed by atoms with Gasteiger partial charge in [-0.2, -0.15) is 5.10 Å². The molecule has 2 aromatic carbocycles. The zero-order valence-corrected chi connectivity index (χ0v) is 19.2. The molecule has 0 aliphatic carbocycles. The molecule has 5 rings (SSSR count). The van der Waals surface area contributed by atoms with Crippen LogP contribution in [0.2, 0.25) is 5.02 Å². The number of nitrogens with two attached hydrogens (primary N) is 1. The van der Waals surface area contributed by atoms with Gasteiger partial charge in [-0.1, -0.05) is 11.6 Å². The third kappa shape index (κ3) is 3.72. The highest BCUT2D eigenvalue weighted by Crippen LogP contribution is 2.45. The van der Waals surface area contributed by atoms with Gasteiger partial charge in [-0.05, 0) is 37.1 Å². The highest BCUT2D eigenvalue weighted by Gasteiger charge is 2.48. The fourth-order valence-electron chi connectivity index (χ4n) is 4.66. The van der Waals surface area contributed by atoms with Crippen LogP contribution in [0.3, 0.4) is 0 Å². The van der Waals surface area contributed by atoms with E-state index in [4.69, 9.17) is 26.8 Å². The predicted octanol–water partition coefficient (Wildman–Crippen LogP) is 4.09. The Morgan fingerprint density at radius 1 is 1.31 bits per heavy atom. The number of anilines is 2. The number of hydrogen-bond acceptors (Lipinski definition) is 6. The number of nitrogen functional groups attached to an aromatic ring is 1. The van der Waals surface area contributed by atoms with E-state index in [-0.39, 0.29) is 39.9 Å². The van der Waals surface area contributed by atoms with Gasteiger partial charge in [0, 0.05) is 12.6 Å². The lowest BCUT2D eigenvalue weighted by atomic mass is 9.83. The Morgan fingerprint density at radius 3 is 2.89 bits per heavy atom. The van der Waals surface area contributed by atoms with Crippen LogP contribution in [0.25, 0.3) is 5.69 Å². The lowest BCUT2D eigenvalue weighted by Crippen LogP contribution is -2.53. The number of fused-ring (bicyclic) bond motifs is 2. The number of hydrogen-bond donors (Lipinski definition) is 2. The molecule has 3 aromatic rings. The van der Waals surface area contributed by atoms with Crippen molar-refractivity contribution in [2.75, 3.05) is 31.2 Å². The smallest absolute Gasteiger partial charge is 0.412 e. The topological polar surface area (TPSA) is 112 Å². The zero-order chi connectivity index (χ0) is 24.9. The quantitative estimate of drug-likeness (QED) is 0.557. The summed E-state index contributed by atoms with van der Waals surface area (Å²) in [6.45, 7) is 0.224. The van der Waals surface area contributed by atoms with Crippen molar-refractivity contribution in [2.24, 2.45) is 0 Å². The van der Waals surface area contributed by atoms with E-state index in [1.54, 1.807) is 0 Å². The van der Waals surface area contributed by atoms with Gasteiger partial charge in [0.15, 0.2) is 11.4 Å². The fourth-order valence-corrected chi connectivity index (χ4v) is 4.82. The summed E-state index contributed by atoms with van der Waals surface area (Å²) in [5.41, 5.74) is 5.61. The van der Waals surface area contributed by atoms with E-state index in [0.717, 1.165) is 0 Å². The average Bonchev–Trinajstić information content (AvgIpc) is 3.21. The minimum absolute atomic E-state index is 0.0106. The summed E-state index contributed by atoms with van der Waals surface area (Å²) in [5, 5.41) is 6.55. The van der Waals surface area contributed by atoms with Crippen molar-refractivity contribution in [3.8, 4) is 11.4 Å². The standard InChI is InChI=1S/C23H20ClF2N5O4/c1-34-17-9-12(25)3-6-16(17)31-20(27)13(10-28-31)21(32)30-8-2-7-23(11-30)18-15(29-22(33)35-23)5-4-14(24)19(18)26/h3-6,9-10H,2,7-8,11,27H2,1H3,(H,29,33)/t23-/m0/s1. The van der Waals surface area contributed by atoms with Crippen LogP contribution < -0.4 is 15.8 Å². The summed E-state index contributed by atoms with van der Waals surface area (Å²) in [4.78, 5) is 27.2. The summed E-state index contributed by atoms with van der Waals surface area (Å²) in [6, 6.07) is 6.67. The molecule has 9 nitrogen and oxygen atoms in total. The van der Waals surface area contributed by atoms with E-state index < -0.39 is 29.2 Å². The number of carbonyl (C=O) groups is 2. The minimum Gasteiger partial charge on any atom is -0.494 e. The van der Waals surface area contributed by atoms with E-state index in [1.807, 2.05) is 0 Å². The van der Waals surface area contributed by atoms with Crippen LogP contribution in [-0.2, 0) is 10.3 Å². The van der Waals surface area contributed by atoms with E-state index in [1.165, 1.54) is 53.2 Å². The highest BCUT2D eigenvalue weighted by atomic mass is 35.5. The van der Waals surface area contributed by atoms with Crippen LogP contribution in [0, 0.1) is 11.6 Å². The number of nitrogens with zero attached hydrogens (tertiary/aromatic N) is 3. The molecule has 182 valence electrons. The molecule has 0 bridgehead atoms. The first-order chi connectivity index (χ1) is 16.7. The molecule has 0 unspecified atom stereocenters. The molecular formula is C23H20ClF2N5O4. The maximum Gasteiger partial charge on any atom is 0.412 e. The molecule has 1 saturated heterocycles. The van der Waals surface area contributed by atoms with Crippen LogP contribution in [0.1, 0.15) is 28.8 Å². The predicted molar refractivity (Wildman–Crippen MR) is 123 cm³/mol. The number of benzene rings is 2. The van der Waals surface area contributed by atoms with Crippen molar-refractivity contribution in [3.63, 3.8) is 0 Å². The van der Waals surface area contributed by atoms with E-state index in [9.17, 15) is 14.0 Å². The van der Waals surface area contributed by atoms with E-state index in [2.05, 4.69) is 10.4 Å². The van der Waals surface area contributed by atoms with Crippen LogP contribution >= 0.6 is 11.6 Å². The van der Waals surface area contributed by atoms with Crippen molar-refractivity contribution in [1.82, 2.24) is 14.7 Å². The van der Waals surface area contributed by atoms with Crippen LogP contribution in [-0.4, -0.2) is 46.9 Å². The van der Waals surface area contributed by atoms with Crippen molar-refractivity contribution in [1.29, 1.82) is 0 Å². The van der Waals surface area contributed by atoms with Crippen LogP contribution in [0.15, 0.2) is 36.5 Å². The van der Waals surface area contributed by atoms with Gasteiger partial charge in [-0.25, -0.2) is 18.3 Å². The Kier molecular flexibility index (Phi) is 5.51. The highest BCUT2D eigenvalue weighted by molar-refractivity contribution is 6.31. The number of nitrogens with one attached hydrogen (secondary N) is 1. The zero-order valence-electron chi connectivity index (χ0n) is 18.5. The normalized spacial score (nSPS) is 19.2. The minimum atomic E-state index is -1.41. The van der Waals surface area contributed by atoms with Gasteiger partial charge >= 0.3 is 6.09 Å². The van der Waals surface area contributed by atoms with Gasteiger partial charge in [-0.15, -0.1) is 0 Å². The number of ether oxygens (including phenoxy) is 2. The van der Waals surface area contributed by atoms with E-state index >= 15 is 4.39 Å². The van der Waals surface area contributed by atoms with Gasteiger partial charge in [0.05, 0.1) is 36.1 Å². The summed E-state index contributed by atoms with van der Waals surface area (Å²) in [5.74, 6) is -1.50. The van der Waals surface area contributed by atoms with Gasteiger partial charge in [0.25, 0.3) is 5.91 Å². The number of carbonyl (C=O) groups excluding carboxylic acids is 2. The average molecular weight is 504 g/mol. The third-order valence-corrected chi connectivity index (χ3v) is 6.52. The summed E-state index contributed by atoms with van der Waals surface area (Å²) >= 11 is 6.01. The lowest BCUT2D eigenvalue weighted by Gasteiger charge is -2.45. The SMILES string of the molecule is COc1cc(F)ccc1-n1ncc(C(=O)N2CCC[C@@]3(C2)OC(=O)Nc2ccc(Cl)c(F)c23)c1N. The molecule has 1 atom stereocenters. The molecule has 3 heterocycles. The van der Waals surface area contributed by atoms with Crippen molar-refractivity contribution < 1.29 is 27.8 Å². The first kappa shape index (κ1) is 22.9. The maximum absolute atomic E-state index is 15.1. The molecule has 1 aromatic heterocycles. The lowest BCUT2D eigenvalue weighted by molar-refractivity contribution is -0.0418. The monoisotopic (exact) mass is 503 g/mol. The van der Waals surface area contributed by atoms with Crippen molar-refractivity contribution in [2.45, 2.75) is 18.4 Å². The summed E-state index contributed by atoms with van der Waals surface area (Å²) in [6.07, 6.45) is 1.28. The maximum atomic E-state index is 15.1. The molecule has 0 saturated carbocycles. The second-order valence-electron chi connectivity index (χ2n) is 8.29. The Balaban J connectivity index is 1.49. The fraction of sp³-hybridized carbons (Fsp3) is 0.261. The molecule has 3 N–H and O–H groups in total. The van der Waals surface area contributed by atoms with Crippen LogP contribution in [0.4, 0.5) is 25.1 Å². The molecule has 2 aliphatic heterocycles. The van der Waals surface area contributed by atoms with Crippen molar-refractivity contribution >= 4 is 35.1 Å². The molecule has 2 aliphatic rings. The second kappa shape index (κ2) is 8.42. The number of likely N-dealkylation sites (tertiary alicyclic amines) is 1. The Bertz CT molecular complexity index is 1360. The number of halogens is 3. The number of rotatable bonds is 3. The Morgan fingerprint density at radius 2 is 2.11 bits per heavy atom. The summed E-state index contributed by atoms with van der Waals surface area (Å²) < 4.78 is 40.8. The molecular weight excluding hydrogens is 484 g/mol. The number of piperidine rings is 1. The number of aromatic nitrogens is 2. The Labute approximate surface area is 203 Å². The van der Waals surface area contributed by atoms with Gasteiger partial charge in [-0.3, -0.25) is 10.1 Å². The largest absolute Gasteiger partial charge is 0.494 e. The molecule has 12 heteroatoms. The summed E-state index contributed by atoms with van der Waals surface area (Å²) in [7, 11) is 1.38. The van der Waals surface area contributed by atoms with Gasteiger partial charge < -0.3 is 20.1 Å².